The molecule has 1 heterocycles. The first-order valence-corrected chi connectivity index (χ1v) is 4.81. The lowest BCUT2D eigenvalue weighted by Crippen LogP contribution is -2.11. The van der Waals surface area contributed by atoms with Gasteiger partial charge in [-0.25, -0.2) is 0 Å². The summed E-state index contributed by atoms with van der Waals surface area (Å²) in [4.78, 5) is 3.74. The van der Waals surface area contributed by atoms with E-state index < -0.39 is 11.7 Å². The molecular weight excluding hydrogens is 229 g/mol. The van der Waals surface area contributed by atoms with Crippen molar-refractivity contribution in [1.29, 1.82) is 0 Å². The number of aromatic nitrogens is 1. The molecule has 0 spiro atoms. The van der Waals surface area contributed by atoms with Gasteiger partial charge in [0.15, 0.2) is 0 Å². The van der Waals surface area contributed by atoms with Crippen LogP contribution in [0.25, 0.3) is 16.3 Å². The number of benzene rings is 1. The molecule has 0 bridgehead atoms. The van der Waals surface area contributed by atoms with Crippen LogP contribution in [0, 0.1) is 0 Å². The topological polar surface area (TPSA) is 38.9 Å². The summed E-state index contributed by atoms with van der Waals surface area (Å²) >= 11 is 0. The summed E-state index contributed by atoms with van der Waals surface area (Å²) in [5.74, 6) is 0. The molecule has 0 radical (unpaired) electrons. The van der Waals surface area contributed by atoms with Gasteiger partial charge in [0.05, 0.1) is 11.3 Å². The number of hydrogen-bond donors (Lipinski definition) is 1. The summed E-state index contributed by atoms with van der Waals surface area (Å²) < 4.78 is 37.8. The van der Waals surface area contributed by atoms with E-state index in [2.05, 4.69) is 11.6 Å². The summed E-state index contributed by atoms with van der Waals surface area (Å²) in [6.45, 7) is 3.05. The van der Waals surface area contributed by atoms with Gasteiger partial charge in [0, 0.05) is 22.7 Å². The summed E-state index contributed by atoms with van der Waals surface area (Å²) in [5, 5.41) is 0.901. The Labute approximate surface area is 95.6 Å². The Morgan fingerprint density at radius 1 is 1.18 bits per heavy atom. The molecule has 0 aliphatic heterocycles. The third kappa shape index (κ3) is 1.95. The molecule has 0 atom stereocenters. The minimum absolute atomic E-state index is 0.178. The fourth-order valence-electron chi connectivity index (χ4n) is 1.61. The minimum atomic E-state index is -4.49. The molecule has 0 amide bonds. The van der Waals surface area contributed by atoms with Crippen molar-refractivity contribution in [1.82, 2.24) is 4.98 Å². The molecule has 2 aromatic rings. The van der Waals surface area contributed by atoms with E-state index >= 15 is 0 Å². The molecule has 0 saturated heterocycles. The van der Waals surface area contributed by atoms with Gasteiger partial charge in [-0.1, -0.05) is 18.7 Å². The van der Waals surface area contributed by atoms with E-state index in [4.69, 9.17) is 5.73 Å². The maximum atomic E-state index is 12.6. The molecule has 0 unspecified atom stereocenters. The average Bonchev–Trinajstić information content (AvgIpc) is 2.27. The zero-order valence-electron chi connectivity index (χ0n) is 8.75. The van der Waals surface area contributed by atoms with E-state index in [0.29, 0.717) is 16.5 Å². The molecule has 2 nitrogen and oxygen atoms in total. The van der Waals surface area contributed by atoms with Crippen molar-refractivity contribution >= 4 is 22.0 Å². The molecule has 1 aromatic heterocycles. The predicted octanol–water partition coefficient (Wildman–Crippen LogP) is 3.39. The van der Waals surface area contributed by atoms with Crippen molar-refractivity contribution in [3.8, 4) is 0 Å². The minimum Gasteiger partial charge on any atom is -0.398 e. The highest BCUT2D eigenvalue weighted by molar-refractivity contribution is 5.98. The summed E-state index contributed by atoms with van der Waals surface area (Å²) in [6, 6.07) is 6.34. The molecular formula is C12H9F3N2. The van der Waals surface area contributed by atoms with Crippen LogP contribution >= 0.6 is 0 Å². The van der Waals surface area contributed by atoms with E-state index in [1.54, 1.807) is 24.3 Å². The molecule has 0 aliphatic carbocycles. The highest BCUT2D eigenvalue weighted by Gasteiger charge is 2.34. The van der Waals surface area contributed by atoms with E-state index in [9.17, 15) is 13.2 Å². The van der Waals surface area contributed by atoms with Gasteiger partial charge in [-0.3, -0.25) is 4.98 Å². The smallest absolute Gasteiger partial charge is 0.398 e. The van der Waals surface area contributed by atoms with Crippen molar-refractivity contribution in [2.75, 3.05) is 5.73 Å². The lowest BCUT2D eigenvalue weighted by Gasteiger charge is -2.12. The number of pyridine rings is 1. The number of hydrogen-bond acceptors (Lipinski definition) is 2. The molecule has 88 valence electrons. The second kappa shape index (κ2) is 3.76. The fourth-order valence-corrected chi connectivity index (χ4v) is 1.61. The SMILES string of the molecule is C=C(c1nccc2c(N)cccc12)C(F)(F)F. The van der Waals surface area contributed by atoms with E-state index in [-0.39, 0.29) is 5.69 Å². The van der Waals surface area contributed by atoms with E-state index in [1.165, 1.54) is 6.20 Å². The average molecular weight is 238 g/mol. The predicted molar refractivity (Wildman–Crippen MR) is 61.2 cm³/mol. The Morgan fingerprint density at radius 3 is 2.53 bits per heavy atom. The number of nitrogens with two attached hydrogens (primary N) is 1. The van der Waals surface area contributed by atoms with Crippen LogP contribution in [-0.2, 0) is 0 Å². The van der Waals surface area contributed by atoms with Gasteiger partial charge in [-0.2, -0.15) is 13.2 Å². The van der Waals surface area contributed by atoms with Gasteiger partial charge in [-0.15, -0.1) is 0 Å². The second-order valence-electron chi connectivity index (χ2n) is 3.58. The lowest BCUT2D eigenvalue weighted by atomic mass is 10.0. The first kappa shape index (κ1) is 11.4. The molecule has 0 fully saturated rings. The maximum Gasteiger partial charge on any atom is 0.417 e. The largest absolute Gasteiger partial charge is 0.417 e. The third-order valence-corrected chi connectivity index (χ3v) is 2.47. The number of allylic oxidation sites excluding steroid dienone is 1. The zero-order chi connectivity index (χ0) is 12.6. The number of anilines is 1. The Kier molecular flexibility index (Phi) is 2.53. The van der Waals surface area contributed by atoms with Crippen LogP contribution < -0.4 is 5.73 Å². The second-order valence-corrected chi connectivity index (χ2v) is 3.58. The number of nitrogen functional groups attached to an aromatic ring is 1. The number of fused-ring (bicyclic) bond motifs is 1. The highest BCUT2D eigenvalue weighted by atomic mass is 19.4. The highest BCUT2D eigenvalue weighted by Crippen LogP contribution is 2.35. The Morgan fingerprint density at radius 2 is 1.88 bits per heavy atom. The van der Waals surface area contributed by atoms with Crippen molar-refractivity contribution in [3.05, 3.63) is 42.7 Å². The van der Waals surface area contributed by atoms with Crippen LogP contribution in [-0.4, -0.2) is 11.2 Å². The normalized spacial score (nSPS) is 11.7. The number of alkyl halides is 3. The first-order valence-electron chi connectivity index (χ1n) is 4.81. The monoisotopic (exact) mass is 238 g/mol. The van der Waals surface area contributed by atoms with Crippen molar-refractivity contribution in [3.63, 3.8) is 0 Å². The Hall–Kier alpha value is -2.04. The third-order valence-electron chi connectivity index (χ3n) is 2.47. The van der Waals surface area contributed by atoms with Gasteiger partial charge < -0.3 is 5.73 Å². The van der Waals surface area contributed by atoms with Crippen LogP contribution in [0.2, 0.25) is 0 Å². The maximum absolute atomic E-state index is 12.6. The van der Waals surface area contributed by atoms with Gasteiger partial charge in [-0.05, 0) is 12.1 Å². The number of rotatable bonds is 1. The number of nitrogens with zero attached hydrogens (tertiary/aromatic N) is 1. The molecule has 0 aliphatic rings. The summed E-state index contributed by atoms with van der Waals surface area (Å²) in [6.07, 6.45) is -3.20. The Bertz CT molecular complexity index is 588. The van der Waals surface area contributed by atoms with Crippen LogP contribution in [0.4, 0.5) is 18.9 Å². The van der Waals surface area contributed by atoms with Gasteiger partial charge in [0.1, 0.15) is 0 Å². The van der Waals surface area contributed by atoms with Gasteiger partial charge in [0.2, 0.25) is 0 Å². The van der Waals surface area contributed by atoms with Crippen LogP contribution in [0.3, 0.4) is 0 Å². The Balaban J connectivity index is 2.72. The fraction of sp³-hybridized carbons (Fsp3) is 0.0833. The van der Waals surface area contributed by atoms with E-state index in [1.807, 2.05) is 0 Å². The molecule has 0 saturated carbocycles. The van der Waals surface area contributed by atoms with Crippen LogP contribution in [0.5, 0.6) is 0 Å². The standard InChI is InChI=1S/C12H9F3N2/c1-7(12(13,14)15)11-9-3-2-4-10(16)8(9)5-6-17-11/h2-6H,1,16H2. The molecule has 1 aromatic carbocycles. The first-order chi connectivity index (χ1) is 7.91. The number of halogens is 3. The van der Waals surface area contributed by atoms with Gasteiger partial charge >= 0.3 is 6.18 Å². The summed E-state index contributed by atoms with van der Waals surface area (Å²) in [5.41, 5.74) is 4.97. The van der Waals surface area contributed by atoms with Crippen LogP contribution in [0.1, 0.15) is 5.69 Å². The van der Waals surface area contributed by atoms with Gasteiger partial charge in [0.25, 0.3) is 0 Å². The van der Waals surface area contributed by atoms with Crippen LogP contribution in [0.15, 0.2) is 37.0 Å². The summed E-state index contributed by atoms with van der Waals surface area (Å²) in [7, 11) is 0. The molecule has 5 heteroatoms. The van der Waals surface area contributed by atoms with Crippen molar-refractivity contribution < 1.29 is 13.2 Å². The van der Waals surface area contributed by atoms with E-state index in [0.717, 1.165) is 0 Å². The lowest BCUT2D eigenvalue weighted by molar-refractivity contribution is -0.0688. The van der Waals surface area contributed by atoms with Crippen molar-refractivity contribution in [2.24, 2.45) is 0 Å². The molecule has 17 heavy (non-hydrogen) atoms. The molecule has 2 rings (SSSR count). The zero-order valence-corrected chi connectivity index (χ0v) is 8.75. The molecule has 2 N–H and O–H groups in total. The van der Waals surface area contributed by atoms with Crippen molar-refractivity contribution in [2.45, 2.75) is 6.18 Å². The quantitative estimate of drug-likeness (QED) is 0.773.